The van der Waals surface area contributed by atoms with Gasteiger partial charge >= 0.3 is 5.63 Å². The van der Waals surface area contributed by atoms with E-state index >= 15 is 0 Å². The number of aromatic hydroxyl groups is 1. The van der Waals surface area contributed by atoms with Gasteiger partial charge in [-0.05, 0) is 49.6 Å². The molecule has 19 heavy (non-hydrogen) atoms. The third-order valence-electron chi connectivity index (χ3n) is 3.84. The minimum Gasteiger partial charge on any atom is -0.507 e. The van der Waals surface area contributed by atoms with Gasteiger partial charge in [-0.15, -0.1) is 0 Å². The minimum atomic E-state index is -0.497. The van der Waals surface area contributed by atoms with Gasteiger partial charge in [0.2, 0.25) is 0 Å². The highest BCUT2D eigenvalue weighted by atomic mass is 16.4. The van der Waals surface area contributed by atoms with Crippen LogP contribution in [0.5, 0.6) is 5.75 Å². The largest absolute Gasteiger partial charge is 0.507 e. The average molecular weight is 254 g/mol. The SMILES string of the molecule is Cc1cc2oc(=O)c3c(O)cccc3c2c(C)c1C. The van der Waals surface area contributed by atoms with Crippen LogP contribution in [0.15, 0.2) is 33.5 Å². The van der Waals surface area contributed by atoms with Gasteiger partial charge in [-0.25, -0.2) is 4.79 Å². The average Bonchev–Trinajstić information content (AvgIpc) is 2.35. The van der Waals surface area contributed by atoms with E-state index in [2.05, 4.69) is 0 Å². The molecule has 0 aliphatic carbocycles. The van der Waals surface area contributed by atoms with Gasteiger partial charge in [0.15, 0.2) is 0 Å². The molecule has 0 aliphatic rings. The first-order valence-electron chi connectivity index (χ1n) is 6.16. The van der Waals surface area contributed by atoms with Gasteiger partial charge in [-0.1, -0.05) is 12.1 Å². The maximum atomic E-state index is 12.0. The zero-order valence-electron chi connectivity index (χ0n) is 11.1. The van der Waals surface area contributed by atoms with E-state index in [4.69, 9.17) is 4.42 Å². The van der Waals surface area contributed by atoms with E-state index in [0.29, 0.717) is 5.58 Å². The Morgan fingerprint density at radius 3 is 2.53 bits per heavy atom. The van der Waals surface area contributed by atoms with E-state index in [9.17, 15) is 9.90 Å². The molecule has 0 aliphatic heterocycles. The number of hydrogen-bond acceptors (Lipinski definition) is 3. The highest BCUT2D eigenvalue weighted by Crippen LogP contribution is 2.32. The Bertz CT molecular complexity index is 873. The molecule has 3 rings (SSSR count). The van der Waals surface area contributed by atoms with Crippen LogP contribution in [-0.2, 0) is 0 Å². The maximum absolute atomic E-state index is 12.0. The summed E-state index contributed by atoms with van der Waals surface area (Å²) in [4.78, 5) is 12.0. The lowest BCUT2D eigenvalue weighted by molar-refractivity contribution is 0.477. The van der Waals surface area contributed by atoms with Crippen molar-refractivity contribution in [2.45, 2.75) is 20.8 Å². The molecule has 3 aromatic rings. The molecule has 1 N–H and O–H groups in total. The Balaban J connectivity index is 2.71. The Labute approximate surface area is 110 Å². The van der Waals surface area contributed by atoms with Crippen LogP contribution in [0.4, 0.5) is 0 Å². The van der Waals surface area contributed by atoms with Crippen LogP contribution in [0.1, 0.15) is 16.7 Å². The fraction of sp³-hybridized carbons (Fsp3) is 0.188. The van der Waals surface area contributed by atoms with Crippen molar-refractivity contribution in [2.75, 3.05) is 0 Å². The topological polar surface area (TPSA) is 50.4 Å². The first-order chi connectivity index (χ1) is 9.00. The molecule has 0 saturated heterocycles. The van der Waals surface area contributed by atoms with E-state index in [1.54, 1.807) is 6.07 Å². The summed E-state index contributed by atoms with van der Waals surface area (Å²) in [5, 5.41) is 11.8. The molecule has 1 heterocycles. The highest BCUT2D eigenvalue weighted by molar-refractivity contribution is 6.08. The second-order valence-corrected chi connectivity index (χ2v) is 4.91. The quantitative estimate of drug-likeness (QED) is 0.493. The van der Waals surface area contributed by atoms with Crippen molar-refractivity contribution < 1.29 is 9.52 Å². The Kier molecular flexibility index (Phi) is 2.39. The standard InChI is InChI=1S/C16H14O3/c1-8-7-13-14(10(3)9(8)2)11-5-4-6-12(17)15(11)16(18)19-13/h4-7,17H,1-3H3. The van der Waals surface area contributed by atoms with Crippen LogP contribution in [-0.4, -0.2) is 5.11 Å². The van der Waals surface area contributed by atoms with Gasteiger partial charge in [0.05, 0.1) is 0 Å². The molecule has 96 valence electrons. The number of benzene rings is 2. The number of phenolic OH excluding ortho intramolecular Hbond substituents is 1. The van der Waals surface area contributed by atoms with Gasteiger partial charge < -0.3 is 9.52 Å². The van der Waals surface area contributed by atoms with Gasteiger partial charge in [-0.2, -0.15) is 0 Å². The first kappa shape index (κ1) is 11.8. The summed E-state index contributed by atoms with van der Waals surface area (Å²) in [5.41, 5.74) is 3.42. The molecule has 0 radical (unpaired) electrons. The summed E-state index contributed by atoms with van der Waals surface area (Å²) in [5.74, 6) is -0.0363. The van der Waals surface area contributed by atoms with Crippen molar-refractivity contribution in [3.05, 3.63) is 51.4 Å². The lowest BCUT2D eigenvalue weighted by atomic mass is 9.96. The van der Waals surface area contributed by atoms with E-state index in [0.717, 1.165) is 21.9 Å². The highest BCUT2D eigenvalue weighted by Gasteiger charge is 2.14. The summed E-state index contributed by atoms with van der Waals surface area (Å²) < 4.78 is 5.36. The van der Waals surface area contributed by atoms with Crippen LogP contribution in [0.25, 0.3) is 21.7 Å². The third kappa shape index (κ3) is 1.55. The normalized spacial score (nSPS) is 11.3. The molecule has 0 unspecified atom stereocenters. The van der Waals surface area contributed by atoms with Crippen LogP contribution in [0.2, 0.25) is 0 Å². The molecule has 1 aromatic heterocycles. The number of hydrogen-bond donors (Lipinski definition) is 1. The smallest absolute Gasteiger partial charge is 0.347 e. The summed E-state index contributed by atoms with van der Waals surface area (Å²) in [7, 11) is 0. The first-order valence-corrected chi connectivity index (χ1v) is 6.16. The maximum Gasteiger partial charge on any atom is 0.347 e. The zero-order valence-corrected chi connectivity index (χ0v) is 11.1. The van der Waals surface area contributed by atoms with E-state index in [1.165, 1.54) is 11.6 Å². The number of fused-ring (bicyclic) bond motifs is 3. The van der Waals surface area contributed by atoms with Crippen molar-refractivity contribution in [2.24, 2.45) is 0 Å². The van der Waals surface area contributed by atoms with E-state index in [1.807, 2.05) is 32.9 Å². The van der Waals surface area contributed by atoms with Crippen LogP contribution < -0.4 is 5.63 Å². The molecular weight excluding hydrogens is 240 g/mol. The van der Waals surface area contributed by atoms with E-state index in [-0.39, 0.29) is 11.1 Å². The fourth-order valence-electron chi connectivity index (χ4n) is 2.57. The molecule has 0 amide bonds. The van der Waals surface area contributed by atoms with Crippen LogP contribution >= 0.6 is 0 Å². The van der Waals surface area contributed by atoms with Gasteiger partial charge in [0, 0.05) is 10.8 Å². The second kappa shape index (κ2) is 3.85. The molecule has 0 atom stereocenters. The number of rotatable bonds is 0. The second-order valence-electron chi connectivity index (χ2n) is 4.91. The zero-order chi connectivity index (χ0) is 13.7. The van der Waals surface area contributed by atoms with Crippen molar-refractivity contribution in [1.29, 1.82) is 0 Å². The lowest BCUT2D eigenvalue weighted by Gasteiger charge is -2.11. The molecular formula is C16H14O3. The molecule has 2 aromatic carbocycles. The van der Waals surface area contributed by atoms with Crippen LogP contribution in [0, 0.1) is 20.8 Å². The van der Waals surface area contributed by atoms with Gasteiger partial charge in [-0.3, -0.25) is 0 Å². The number of aryl methyl sites for hydroxylation is 2. The third-order valence-corrected chi connectivity index (χ3v) is 3.84. The molecule has 3 nitrogen and oxygen atoms in total. The molecule has 0 bridgehead atoms. The van der Waals surface area contributed by atoms with Crippen molar-refractivity contribution in [3.63, 3.8) is 0 Å². The minimum absolute atomic E-state index is 0.0363. The molecule has 0 spiro atoms. The monoisotopic (exact) mass is 254 g/mol. The summed E-state index contributed by atoms with van der Waals surface area (Å²) in [6, 6.07) is 6.96. The van der Waals surface area contributed by atoms with Crippen molar-refractivity contribution >= 4 is 21.7 Å². The predicted molar refractivity (Wildman–Crippen MR) is 75.9 cm³/mol. The summed E-state index contributed by atoms with van der Waals surface area (Å²) in [6.45, 7) is 6.05. The van der Waals surface area contributed by atoms with Crippen molar-refractivity contribution in [3.8, 4) is 5.75 Å². The Morgan fingerprint density at radius 1 is 1.05 bits per heavy atom. The lowest BCUT2D eigenvalue weighted by Crippen LogP contribution is -2.02. The Hall–Kier alpha value is -2.29. The van der Waals surface area contributed by atoms with Gasteiger partial charge in [0.1, 0.15) is 16.7 Å². The Morgan fingerprint density at radius 2 is 1.79 bits per heavy atom. The van der Waals surface area contributed by atoms with Crippen LogP contribution in [0.3, 0.4) is 0 Å². The molecule has 3 heteroatoms. The van der Waals surface area contributed by atoms with Gasteiger partial charge in [0.25, 0.3) is 0 Å². The molecule has 0 fully saturated rings. The fourth-order valence-corrected chi connectivity index (χ4v) is 2.57. The predicted octanol–water partition coefficient (Wildman–Crippen LogP) is 3.58. The van der Waals surface area contributed by atoms with E-state index < -0.39 is 5.63 Å². The van der Waals surface area contributed by atoms with Crippen molar-refractivity contribution in [1.82, 2.24) is 0 Å². The summed E-state index contributed by atoms with van der Waals surface area (Å²) >= 11 is 0. The molecule has 0 saturated carbocycles. The summed E-state index contributed by atoms with van der Waals surface area (Å²) in [6.07, 6.45) is 0. The number of phenols is 1.